The average Bonchev–Trinajstić information content (AvgIpc) is 2.79. The van der Waals surface area contributed by atoms with Crippen LogP contribution in [-0.2, 0) is 10.9 Å². The standard InChI is InChI=1S/C26H31F3N2O/c1-17-11-13-31(14-12-17)16-20-8-9-21-24(18-5-3-2-4-6-18)30-23-10-7-19(26(27,28)29)15-22(23)25(21)32-20/h2-7,10,15,17,20-21,24-25,30H,8-9,11-14,16H2,1H3/t20-,21+,24+,25+/m1/s1. The van der Waals surface area contributed by atoms with Crippen LogP contribution in [0.15, 0.2) is 48.5 Å². The van der Waals surface area contributed by atoms with Gasteiger partial charge in [0.15, 0.2) is 0 Å². The SMILES string of the molecule is CC1CCN(C[C@H]2CC[C@@H]3[C@H](O2)c2cc(C(F)(F)F)ccc2N[C@H]3c2ccccc2)CC1. The summed E-state index contributed by atoms with van der Waals surface area (Å²) in [6.45, 7) is 5.33. The lowest BCUT2D eigenvalue weighted by Crippen LogP contribution is -2.44. The van der Waals surface area contributed by atoms with Gasteiger partial charge in [-0.25, -0.2) is 0 Å². The molecule has 0 radical (unpaired) electrons. The first-order valence-electron chi connectivity index (χ1n) is 11.8. The van der Waals surface area contributed by atoms with Crippen LogP contribution in [0.1, 0.15) is 61.4 Å². The molecule has 0 spiro atoms. The molecule has 1 N–H and O–H groups in total. The van der Waals surface area contributed by atoms with Gasteiger partial charge in [0.25, 0.3) is 0 Å². The molecule has 2 aromatic rings. The van der Waals surface area contributed by atoms with Crippen molar-refractivity contribution in [2.24, 2.45) is 11.8 Å². The number of benzene rings is 2. The number of hydrogen-bond donors (Lipinski definition) is 1. The van der Waals surface area contributed by atoms with Crippen LogP contribution in [0.3, 0.4) is 0 Å². The maximum atomic E-state index is 13.5. The second-order valence-corrected chi connectivity index (χ2v) is 9.74. The Hall–Kier alpha value is -2.05. The molecule has 0 saturated carbocycles. The zero-order valence-corrected chi connectivity index (χ0v) is 18.4. The molecule has 3 aliphatic heterocycles. The van der Waals surface area contributed by atoms with E-state index in [9.17, 15) is 13.2 Å². The number of nitrogens with one attached hydrogen (secondary N) is 1. The van der Waals surface area contributed by atoms with Crippen molar-refractivity contribution in [3.63, 3.8) is 0 Å². The Balaban J connectivity index is 1.43. The van der Waals surface area contributed by atoms with Crippen molar-refractivity contribution in [1.29, 1.82) is 0 Å². The summed E-state index contributed by atoms with van der Waals surface area (Å²) in [6, 6.07) is 14.3. The van der Waals surface area contributed by atoms with E-state index in [1.165, 1.54) is 25.0 Å². The molecule has 32 heavy (non-hydrogen) atoms. The predicted octanol–water partition coefficient (Wildman–Crippen LogP) is 6.44. The summed E-state index contributed by atoms with van der Waals surface area (Å²) in [7, 11) is 0. The molecule has 172 valence electrons. The molecule has 3 heterocycles. The summed E-state index contributed by atoms with van der Waals surface area (Å²) in [5.74, 6) is 0.873. The van der Waals surface area contributed by atoms with E-state index in [-0.39, 0.29) is 24.2 Å². The summed E-state index contributed by atoms with van der Waals surface area (Å²) in [5, 5.41) is 3.53. The molecule has 2 saturated heterocycles. The van der Waals surface area contributed by atoms with Crippen molar-refractivity contribution in [2.45, 2.75) is 57.0 Å². The first-order valence-corrected chi connectivity index (χ1v) is 11.8. The Kier molecular flexibility index (Phi) is 5.93. The van der Waals surface area contributed by atoms with E-state index >= 15 is 0 Å². The minimum Gasteiger partial charge on any atom is -0.378 e. The first kappa shape index (κ1) is 21.8. The number of nitrogens with zero attached hydrogens (tertiary/aromatic N) is 1. The van der Waals surface area contributed by atoms with E-state index in [2.05, 4.69) is 29.3 Å². The third-order valence-electron chi connectivity index (χ3n) is 7.47. The van der Waals surface area contributed by atoms with Gasteiger partial charge in [-0.15, -0.1) is 0 Å². The van der Waals surface area contributed by atoms with Gasteiger partial charge in [0.1, 0.15) is 0 Å². The van der Waals surface area contributed by atoms with Gasteiger partial charge >= 0.3 is 6.18 Å². The quantitative estimate of drug-likeness (QED) is 0.590. The normalized spacial score (nSPS) is 29.1. The molecule has 2 aromatic carbocycles. The number of rotatable bonds is 3. The van der Waals surface area contributed by atoms with Crippen molar-refractivity contribution in [2.75, 3.05) is 25.0 Å². The lowest BCUT2D eigenvalue weighted by Gasteiger charge is -2.47. The van der Waals surface area contributed by atoms with E-state index in [0.29, 0.717) is 5.56 Å². The van der Waals surface area contributed by atoms with E-state index in [1.54, 1.807) is 6.07 Å². The van der Waals surface area contributed by atoms with Crippen LogP contribution >= 0.6 is 0 Å². The van der Waals surface area contributed by atoms with Crippen molar-refractivity contribution in [3.8, 4) is 0 Å². The van der Waals surface area contributed by atoms with E-state index in [1.807, 2.05) is 18.2 Å². The van der Waals surface area contributed by atoms with Gasteiger partial charge < -0.3 is 15.0 Å². The molecule has 0 amide bonds. The van der Waals surface area contributed by atoms with Gasteiger partial charge in [-0.05, 0) is 68.5 Å². The molecular weight excluding hydrogens is 413 g/mol. The summed E-state index contributed by atoms with van der Waals surface area (Å²) in [4.78, 5) is 2.47. The molecule has 0 aliphatic carbocycles. The van der Waals surface area contributed by atoms with Crippen molar-refractivity contribution in [1.82, 2.24) is 4.90 Å². The Labute approximate surface area is 188 Å². The zero-order chi connectivity index (χ0) is 22.3. The highest BCUT2D eigenvalue weighted by molar-refractivity contribution is 5.58. The van der Waals surface area contributed by atoms with Gasteiger partial charge in [-0.1, -0.05) is 37.3 Å². The highest BCUT2D eigenvalue weighted by atomic mass is 19.4. The van der Waals surface area contributed by atoms with E-state index < -0.39 is 11.7 Å². The molecule has 6 heteroatoms. The highest BCUT2D eigenvalue weighted by Crippen LogP contribution is 2.51. The average molecular weight is 445 g/mol. The largest absolute Gasteiger partial charge is 0.416 e. The Morgan fingerprint density at radius 1 is 1.00 bits per heavy atom. The number of anilines is 1. The monoisotopic (exact) mass is 444 g/mol. The summed E-state index contributed by atoms with van der Waals surface area (Å²) < 4.78 is 47.0. The van der Waals surface area contributed by atoms with Gasteiger partial charge in [0, 0.05) is 23.7 Å². The minimum atomic E-state index is -4.36. The van der Waals surface area contributed by atoms with Crippen LogP contribution in [0.2, 0.25) is 0 Å². The van der Waals surface area contributed by atoms with E-state index in [4.69, 9.17) is 4.74 Å². The van der Waals surface area contributed by atoms with E-state index in [0.717, 1.165) is 49.6 Å². The third-order valence-corrected chi connectivity index (χ3v) is 7.47. The van der Waals surface area contributed by atoms with Gasteiger partial charge in [0.2, 0.25) is 0 Å². The number of alkyl halides is 3. The number of likely N-dealkylation sites (tertiary alicyclic amines) is 1. The van der Waals surface area contributed by atoms with Gasteiger partial charge in [0.05, 0.1) is 23.8 Å². The van der Waals surface area contributed by atoms with Crippen LogP contribution < -0.4 is 5.32 Å². The van der Waals surface area contributed by atoms with Gasteiger partial charge in [-0.3, -0.25) is 0 Å². The third kappa shape index (κ3) is 4.40. The van der Waals surface area contributed by atoms with Crippen molar-refractivity contribution < 1.29 is 17.9 Å². The van der Waals surface area contributed by atoms with Crippen molar-refractivity contribution >= 4 is 5.69 Å². The Morgan fingerprint density at radius 3 is 2.47 bits per heavy atom. The first-order chi connectivity index (χ1) is 15.4. The van der Waals surface area contributed by atoms with Crippen LogP contribution in [0.5, 0.6) is 0 Å². The number of ether oxygens (including phenoxy) is 1. The second-order valence-electron chi connectivity index (χ2n) is 9.74. The predicted molar refractivity (Wildman–Crippen MR) is 119 cm³/mol. The van der Waals surface area contributed by atoms with Crippen molar-refractivity contribution in [3.05, 3.63) is 65.2 Å². The lowest BCUT2D eigenvalue weighted by atomic mass is 9.76. The number of piperidine rings is 1. The fourth-order valence-electron chi connectivity index (χ4n) is 5.59. The molecule has 5 rings (SSSR count). The molecule has 4 atom stereocenters. The molecule has 0 unspecified atom stereocenters. The molecule has 2 fully saturated rings. The molecule has 0 aromatic heterocycles. The summed E-state index contributed by atoms with van der Waals surface area (Å²) >= 11 is 0. The Bertz CT molecular complexity index is 924. The van der Waals surface area contributed by atoms with Crippen LogP contribution in [-0.4, -0.2) is 30.6 Å². The number of fused-ring (bicyclic) bond motifs is 3. The molecule has 0 bridgehead atoms. The fraction of sp³-hybridized carbons (Fsp3) is 0.538. The fourth-order valence-corrected chi connectivity index (χ4v) is 5.59. The minimum absolute atomic E-state index is 0.0298. The van der Waals surface area contributed by atoms with Crippen LogP contribution in [0.25, 0.3) is 0 Å². The second kappa shape index (κ2) is 8.71. The molecular formula is C26H31F3N2O. The number of halogens is 3. The highest BCUT2D eigenvalue weighted by Gasteiger charge is 2.44. The molecule has 3 aliphatic rings. The zero-order valence-electron chi connectivity index (χ0n) is 18.4. The summed E-state index contributed by atoms with van der Waals surface area (Å²) in [6.07, 6.45) is -0.358. The molecule has 3 nitrogen and oxygen atoms in total. The Morgan fingerprint density at radius 2 is 1.75 bits per heavy atom. The smallest absolute Gasteiger partial charge is 0.378 e. The number of hydrogen-bond acceptors (Lipinski definition) is 3. The summed E-state index contributed by atoms with van der Waals surface area (Å²) in [5.41, 5.74) is 1.94. The topological polar surface area (TPSA) is 24.5 Å². The maximum Gasteiger partial charge on any atom is 0.416 e. The maximum absolute atomic E-state index is 13.5. The van der Waals surface area contributed by atoms with Crippen LogP contribution in [0.4, 0.5) is 18.9 Å². The lowest BCUT2D eigenvalue weighted by molar-refractivity contribution is -0.138. The van der Waals surface area contributed by atoms with Gasteiger partial charge in [-0.2, -0.15) is 13.2 Å². The van der Waals surface area contributed by atoms with Crippen LogP contribution in [0, 0.1) is 11.8 Å².